The summed E-state index contributed by atoms with van der Waals surface area (Å²) in [5.41, 5.74) is 1.39. The Morgan fingerprint density at radius 3 is 2.50 bits per heavy atom. The predicted octanol–water partition coefficient (Wildman–Crippen LogP) is 4.23. The highest BCUT2D eigenvalue weighted by Gasteiger charge is 2.35. The molecule has 1 aliphatic carbocycles. The minimum absolute atomic E-state index is 0.169. The van der Waals surface area contributed by atoms with Crippen LogP contribution in [0, 0.1) is 0 Å². The van der Waals surface area contributed by atoms with E-state index in [1.807, 2.05) is 0 Å². The summed E-state index contributed by atoms with van der Waals surface area (Å²) >= 11 is 2.41. The van der Waals surface area contributed by atoms with Gasteiger partial charge in [-0.1, -0.05) is 35.4 Å². The number of hydrogen-bond acceptors (Lipinski definition) is 1. The SMILES string of the molecule is [B]C1(I)CCCCCc2c(oc(C(C)C)[n+]2C(C)C)C1. The van der Waals surface area contributed by atoms with Crippen molar-refractivity contribution in [3.8, 4) is 0 Å². The number of hydrogen-bond donors (Lipinski definition) is 0. The second kappa shape index (κ2) is 6.41. The summed E-state index contributed by atoms with van der Waals surface area (Å²) in [5.74, 6) is 2.65. The molecule has 1 aromatic rings. The Kier molecular flexibility index (Phi) is 5.25. The first-order valence-electron chi connectivity index (χ1n) is 7.85. The number of oxazole rings is 1. The van der Waals surface area contributed by atoms with Gasteiger partial charge in [-0.3, -0.25) is 0 Å². The van der Waals surface area contributed by atoms with E-state index in [2.05, 4.69) is 54.9 Å². The maximum absolute atomic E-state index is 6.46. The summed E-state index contributed by atoms with van der Waals surface area (Å²) in [5, 5.41) is 0. The fourth-order valence-corrected chi connectivity index (χ4v) is 3.83. The summed E-state index contributed by atoms with van der Waals surface area (Å²) in [6, 6.07) is 0.446. The van der Waals surface area contributed by atoms with Gasteiger partial charge in [-0.25, -0.2) is 0 Å². The van der Waals surface area contributed by atoms with E-state index in [9.17, 15) is 0 Å². The lowest BCUT2D eigenvalue weighted by atomic mass is 9.79. The highest BCUT2D eigenvalue weighted by Crippen LogP contribution is 2.32. The van der Waals surface area contributed by atoms with Gasteiger partial charge in [0.2, 0.25) is 5.69 Å². The van der Waals surface area contributed by atoms with Crippen LogP contribution in [-0.4, -0.2) is 11.2 Å². The number of fused-ring (bicyclic) bond motifs is 1. The molecule has 110 valence electrons. The van der Waals surface area contributed by atoms with Gasteiger partial charge < -0.3 is 4.42 Å². The van der Waals surface area contributed by atoms with E-state index in [4.69, 9.17) is 12.3 Å². The van der Waals surface area contributed by atoms with Crippen LogP contribution in [-0.2, 0) is 12.8 Å². The Morgan fingerprint density at radius 2 is 1.90 bits per heavy atom. The first-order chi connectivity index (χ1) is 9.32. The number of rotatable bonds is 2. The zero-order valence-electron chi connectivity index (χ0n) is 13.2. The summed E-state index contributed by atoms with van der Waals surface area (Å²) in [4.78, 5) is 0. The van der Waals surface area contributed by atoms with Crippen molar-refractivity contribution >= 4 is 30.4 Å². The Balaban J connectivity index is 2.49. The average Bonchev–Trinajstić information content (AvgIpc) is 2.68. The van der Waals surface area contributed by atoms with Crippen LogP contribution in [0.25, 0.3) is 0 Å². The molecule has 0 aliphatic heterocycles. The number of nitrogens with zero attached hydrogens (tertiary/aromatic N) is 1. The van der Waals surface area contributed by atoms with Crippen molar-refractivity contribution in [2.24, 2.45) is 0 Å². The molecule has 0 spiro atoms. The van der Waals surface area contributed by atoms with Crippen molar-refractivity contribution < 1.29 is 8.98 Å². The van der Waals surface area contributed by atoms with Gasteiger partial charge in [-0.15, -0.1) is 0 Å². The lowest BCUT2D eigenvalue weighted by Crippen LogP contribution is -2.43. The standard InChI is InChI=1S/C16H26BINO/c1-11(2)15-19(12(3)4)13-8-6-5-7-9-16(17,18)10-14(13)20-15/h11-12H,5-10H2,1-4H3/q+1. The van der Waals surface area contributed by atoms with Crippen molar-refractivity contribution in [2.45, 2.75) is 81.5 Å². The molecule has 2 radical (unpaired) electrons. The molecule has 20 heavy (non-hydrogen) atoms. The molecule has 0 fully saturated rings. The Bertz CT molecular complexity index is 465. The molecule has 0 saturated carbocycles. The van der Waals surface area contributed by atoms with Crippen LogP contribution >= 0.6 is 22.6 Å². The molecular weight excluding hydrogens is 360 g/mol. The summed E-state index contributed by atoms with van der Waals surface area (Å²) < 4.78 is 8.51. The van der Waals surface area contributed by atoms with Crippen LogP contribution in [0.2, 0.25) is 0 Å². The Labute approximate surface area is 138 Å². The molecule has 0 N–H and O–H groups in total. The highest BCUT2D eigenvalue weighted by molar-refractivity contribution is 14.1. The molecule has 1 unspecified atom stereocenters. The predicted molar refractivity (Wildman–Crippen MR) is 91.8 cm³/mol. The molecule has 1 aromatic heterocycles. The van der Waals surface area contributed by atoms with Gasteiger partial charge >= 0.3 is 5.89 Å². The maximum Gasteiger partial charge on any atom is 0.350 e. The third kappa shape index (κ3) is 3.60. The topological polar surface area (TPSA) is 17.0 Å². The van der Waals surface area contributed by atoms with Crippen molar-refractivity contribution in [3.63, 3.8) is 0 Å². The van der Waals surface area contributed by atoms with Crippen molar-refractivity contribution in [1.29, 1.82) is 0 Å². The third-order valence-electron chi connectivity index (χ3n) is 4.05. The fraction of sp³-hybridized carbons (Fsp3) is 0.812. The van der Waals surface area contributed by atoms with Gasteiger partial charge in [0, 0.05) is 12.8 Å². The van der Waals surface area contributed by atoms with E-state index in [1.54, 1.807) is 0 Å². The third-order valence-corrected chi connectivity index (χ3v) is 4.97. The van der Waals surface area contributed by atoms with Crippen LogP contribution in [0.15, 0.2) is 4.42 Å². The number of halogens is 1. The molecule has 0 amide bonds. The summed E-state index contributed by atoms with van der Waals surface area (Å²) in [6.07, 6.45) is 6.78. The fourth-order valence-electron chi connectivity index (χ4n) is 3.11. The van der Waals surface area contributed by atoms with E-state index in [0.29, 0.717) is 12.0 Å². The monoisotopic (exact) mass is 386 g/mol. The van der Waals surface area contributed by atoms with Crippen molar-refractivity contribution in [1.82, 2.24) is 0 Å². The van der Waals surface area contributed by atoms with E-state index in [-0.39, 0.29) is 3.32 Å². The Morgan fingerprint density at radius 1 is 1.20 bits per heavy atom. The molecule has 1 heterocycles. The zero-order chi connectivity index (χ0) is 14.9. The lowest BCUT2D eigenvalue weighted by molar-refractivity contribution is -0.733. The van der Waals surface area contributed by atoms with E-state index >= 15 is 0 Å². The van der Waals surface area contributed by atoms with Gasteiger partial charge in [0.05, 0.1) is 13.8 Å². The van der Waals surface area contributed by atoms with Crippen LogP contribution in [0.3, 0.4) is 0 Å². The molecule has 4 heteroatoms. The van der Waals surface area contributed by atoms with Gasteiger partial charge in [0.25, 0.3) is 0 Å². The largest absolute Gasteiger partial charge is 0.406 e. The average molecular weight is 386 g/mol. The first-order valence-corrected chi connectivity index (χ1v) is 8.93. The van der Waals surface area contributed by atoms with E-state index in [0.717, 1.165) is 30.9 Å². The second-order valence-corrected chi connectivity index (χ2v) is 8.85. The van der Waals surface area contributed by atoms with Crippen molar-refractivity contribution in [3.05, 3.63) is 17.3 Å². The minimum atomic E-state index is -0.169. The smallest absolute Gasteiger partial charge is 0.350 e. The van der Waals surface area contributed by atoms with Crippen LogP contribution in [0.5, 0.6) is 0 Å². The zero-order valence-corrected chi connectivity index (χ0v) is 15.4. The second-order valence-electron chi connectivity index (χ2n) is 6.70. The lowest BCUT2D eigenvalue weighted by Gasteiger charge is -2.20. The van der Waals surface area contributed by atoms with Crippen LogP contribution in [0.4, 0.5) is 0 Å². The van der Waals surface area contributed by atoms with Crippen molar-refractivity contribution in [2.75, 3.05) is 0 Å². The number of aromatic nitrogens is 1. The first kappa shape index (κ1) is 16.4. The quantitative estimate of drug-likeness (QED) is 0.322. The Hall–Kier alpha value is 0.00494. The number of alkyl halides is 1. The van der Waals surface area contributed by atoms with Gasteiger partial charge in [0.15, 0.2) is 11.8 Å². The molecule has 0 aromatic carbocycles. The van der Waals surface area contributed by atoms with Crippen LogP contribution < -0.4 is 4.57 Å². The molecule has 1 atom stereocenters. The molecular formula is C16H26BINO+. The molecule has 0 saturated heterocycles. The van der Waals surface area contributed by atoms with Gasteiger partial charge in [0.1, 0.15) is 0 Å². The van der Waals surface area contributed by atoms with E-state index in [1.165, 1.54) is 25.0 Å². The van der Waals surface area contributed by atoms with Crippen LogP contribution in [0.1, 0.15) is 82.7 Å². The van der Waals surface area contributed by atoms with Gasteiger partial charge in [-0.2, -0.15) is 4.57 Å². The molecule has 0 bridgehead atoms. The van der Waals surface area contributed by atoms with E-state index < -0.39 is 0 Å². The van der Waals surface area contributed by atoms with Gasteiger partial charge in [-0.05, 0) is 43.9 Å². The molecule has 2 rings (SSSR count). The summed E-state index contributed by atoms with van der Waals surface area (Å²) in [7, 11) is 6.46. The normalized spacial score (nSPS) is 24.4. The maximum atomic E-state index is 6.46. The minimum Gasteiger partial charge on any atom is -0.406 e. The highest BCUT2D eigenvalue weighted by atomic mass is 127. The molecule has 2 nitrogen and oxygen atoms in total. The summed E-state index contributed by atoms with van der Waals surface area (Å²) in [6.45, 7) is 8.90. The molecule has 1 aliphatic rings.